The van der Waals surface area contributed by atoms with E-state index in [0.717, 1.165) is 25.3 Å². The lowest BCUT2D eigenvalue weighted by Gasteiger charge is -2.06. The molecule has 0 fully saturated rings. The zero-order chi connectivity index (χ0) is 13.5. The van der Waals surface area contributed by atoms with E-state index in [1.54, 1.807) is 0 Å². The summed E-state index contributed by atoms with van der Waals surface area (Å²) in [6.45, 7) is 2.93. The second-order valence-corrected chi connectivity index (χ2v) is 4.26. The summed E-state index contributed by atoms with van der Waals surface area (Å²) < 4.78 is 10.7. The normalized spacial score (nSPS) is 10.6. The van der Waals surface area contributed by atoms with Gasteiger partial charge in [-0.25, -0.2) is 0 Å². The van der Waals surface area contributed by atoms with Gasteiger partial charge in [-0.15, -0.1) is 11.6 Å². The van der Waals surface area contributed by atoms with Gasteiger partial charge in [0.25, 0.3) is 0 Å². The van der Waals surface area contributed by atoms with Crippen LogP contribution in [-0.2, 0) is 14.3 Å². The number of unbranched alkanes of at least 4 members (excludes halogenated alkanes) is 3. The lowest BCUT2D eigenvalue weighted by Crippen LogP contribution is -2.32. The number of hydrogen-bond acceptors (Lipinski definition) is 4. The molecule has 6 heteroatoms. The van der Waals surface area contributed by atoms with E-state index in [2.05, 4.69) is 5.32 Å². The van der Waals surface area contributed by atoms with Crippen LogP contribution in [0.3, 0.4) is 0 Å². The Labute approximate surface area is 114 Å². The summed E-state index contributed by atoms with van der Waals surface area (Å²) in [5.41, 5.74) is 5.13. The number of nitrogens with two attached hydrogens (primary N) is 1. The van der Waals surface area contributed by atoms with Crippen molar-refractivity contribution in [1.82, 2.24) is 5.32 Å². The van der Waals surface area contributed by atoms with Crippen LogP contribution in [0, 0.1) is 0 Å². The Hall–Kier alpha value is -0.360. The average molecular weight is 281 g/mol. The number of nitrogens with one attached hydrogen (secondary N) is 1. The van der Waals surface area contributed by atoms with Crippen LogP contribution in [0.25, 0.3) is 0 Å². The van der Waals surface area contributed by atoms with Gasteiger partial charge in [-0.3, -0.25) is 4.79 Å². The Morgan fingerprint density at radius 1 is 1.00 bits per heavy atom. The monoisotopic (exact) mass is 280 g/mol. The summed E-state index contributed by atoms with van der Waals surface area (Å²) in [6, 6.07) is 0. The molecule has 18 heavy (non-hydrogen) atoms. The molecule has 0 aromatic carbocycles. The first-order chi connectivity index (χ1) is 8.81. The number of rotatable bonds is 13. The molecule has 0 radical (unpaired) electrons. The van der Waals surface area contributed by atoms with Gasteiger partial charge in [0.2, 0.25) is 5.91 Å². The first kappa shape index (κ1) is 17.6. The summed E-state index contributed by atoms with van der Waals surface area (Å²) >= 11 is 5.57. The molecule has 0 unspecified atom stereocenters. The van der Waals surface area contributed by atoms with Crippen molar-refractivity contribution in [3.8, 4) is 0 Å². The second-order valence-electron chi connectivity index (χ2n) is 3.88. The molecule has 1 amide bonds. The van der Waals surface area contributed by atoms with Gasteiger partial charge in [-0.2, -0.15) is 0 Å². The van der Waals surface area contributed by atoms with Crippen molar-refractivity contribution in [1.29, 1.82) is 0 Å². The maximum Gasteiger partial charge on any atom is 0.233 e. The summed E-state index contributed by atoms with van der Waals surface area (Å²) in [7, 11) is 0. The largest absolute Gasteiger partial charge is 0.379 e. The van der Waals surface area contributed by atoms with Crippen molar-refractivity contribution in [2.45, 2.75) is 25.7 Å². The third-order valence-electron chi connectivity index (χ3n) is 2.30. The molecule has 0 saturated heterocycles. The summed E-state index contributed by atoms with van der Waals surface area (Å²) in [6.07, 6.45) is 4.49. The molecule has 0 spiro atoms. The minimum absolute atomic E-state index is 0.0207. The number of alkyl halides is 1. The van der Waals surface area contributed by atoms with Gasteiger partial charge in [0.15, 0.2) is 0 Å². The van der Waals surface area contributed by atoms with Gasteiger partial charge in [0.1, 0.15) is 0 Å². The van der Waals surface area contributed by atoms with E-state index in [9.17, 15) is 4.79 Å². The van der Waals surface area contributed by atoms with E-state index in [1.807, 2.05) is 0 Å². The Kier molecular flexibility index (Phi) is 14.4. The smallest absolute Gasteiger partial charge is 0.233 e. The predicted octanol–water partition coefficient (Wildman–Crippen LogP) is 0.894. The van der Waals surface area contributed by atoms with Crippen LogP contribution in [0.4, 0.5) is 0 Å². The van der Waals surface area contributed by atoms with Gasteiger partial charge in [0, 0.05) is 19.0 Å². The van der Waals surface area contributed by atoms with Crippen LogP contribution in [-0.4, -0.2) is 51.3 Å². The van der Waals surface area contributed by atoms with Crippen molar-refractivity contribution in [2.75, 3.05) is 45.4 Å². The van der Waals surface area contributed by atoms with Crippen LogP contribution >= 0.6 is 11.6 Å². The van der Waals surface area contributed by atoms with Crippen LogP contribution in [0.2, 0.25) is 0 Å². The fourth-order valence-corrected chi connectivity index (χ4v) is 1.50. The highest BCUT2D eigenvalue weighted by Gasteiger charge is 1.95. The van der Waals surface area contributed by atoms with Crippen LogP contribution in [0.15, 0.2) is 0 Å². The molecule has 0 aliphatic heterocycles. The topological polar surface area (TPSA) is 73.6 Å². The highest BCUT2D eigenvalue weighted by atomic mass is 35.5. The maximum absolute atomic E-state index is 10.8. The molecular formula is C12H25ClN2O3. The van der Waals surface area contributed by atoms with E-state index in [-0.39, 0.29) is 12.5 Å². The second kappa shape index (κ2) is 14.7. The van der Waals surface area contributed by atoms with Gasteiger partial charge < -0.3 is 20.5 Å². The minimum Gasteiger partial charge on any atom is -0.379 e. The van der Waals surface area contributed by atoms with Gasteiger partial charge in [0.05, 0.1) is 26.4 Å². The molecule has 0 rings (SSSR count). The Bertz CT molecular complexity index is 194. The Morgan fingerprint density at radius 2 is 1.67 bits per heavy atom. The minimum atomic E-state index is -0.160. The molecule has 0 aliphatic carbocycles. The number of amides is 1. The number of carbonyl (C=O) groups excluding carboxylic acids is 1. The van der Waals surface area contributed by atoms with Gasteiger partial charge in [-0.05, 0) is 12.8 Å². The number of halogens is 1. The zero-order valence-corrected chi connectivity index (χ0v) is 11.7. The van der Waals surface area contributed by atoms with Crippen molar-refractivity contribution in [2.24, 2.45) is 5.73 Å². The predicted molar refractivity (Wildman–Crippen MR) is 72.9 cm³/mol. The van der Waals surface area contributed by atoms with Crippen molar-refractivity contribution >= 4 is 17.5 Å². The molecule has 0 aromatic heterocycles. The maximum atomic E-state index is 10.8. The lowest BCUT2D eigenvalue weighted by molar-refractivity contribution is -0.119. The molecule has 0 aliphatic rings. The number of carbonyl (C=O) groups is 1. The Balaban J connectivity index is 2.97. The zero-order valence-electron chi connectivity index (χ0n) is 11.0. The van der Waals surface area contributed by atoms with E-state index in [4.69, 9.17) is 26.8 Å². The highest BCUT2D eigenvalue weighted by Crippen LogP contribution is 2.00. The van der Waals surface area contributed by atoms with Crippen molar-refractivity contribution in [3.05, 3.63) is 0 Å². The fraction of sp³-hybridized carbons (Fsp3) is 0.917. The van der Waals surface area contributed by atoms with Crippen LogP contribution in [0.1, 0.15) is 25.7 Å². The standard InChI is InChI=1S/C12H25ClN2O3/c13-5-3-1-2-4-7-17-9-10-18-8-6-15-12(16)11-14/h1-11,14H2,(H,15,16). The first-order valence-electron chi connectivity index (χ1n) is 6.49. The molecule has 108 valence electrons. The third-order valence-corrected chi connectivity index (χ3v) is 2.57. The molecule has 0 atom stereocenters. The fourth-order valence-electron chi connectivity index (χ4n) is 1.31. The van der Waals surface area contributed by atoms with Crippen LogP contribution in [0.5, 0.6) is 0 Å². The van der Waals surface area contributed by atoms with E-state index >= 15 is 0 Å². The van der Waals surface area contributed by atoms with Gasteiger partial charge in [-0.1, -0.05) is 12.8 Å². The van der Waals surface area contributed by atoms with Gasteiger partial charge >= 0.3 is 0 Å². The van der Waals surface area contributed by atoms with Crippen molar-refractivity contribution in [3.63, 3.8) is 0 Å². The molecule has 0 bridgehead atoms. The van der Waals surface area contributed by atoms with E-state index in [1.165, 1.54) is 12.8 Å². The molecular weight excluding hydrogens is 256 g/mol. The van der Waals surface area contributed by atoms with E-state index in [0.29, 0.717) is 26.4 Å². The quantitative estimate of drug-likeness (QED) is 0.388. The van der Waals surface area contributed by atoms with E-state index < -0.39 is 0 Å². The number of hydrogen-bond donors (Lipinski definition) is 2. The molecule has 0 aromatic rings. The Morgan fingerprint density at radius 3 is 2.33 bits per heavy atom. The third kappa shape index (κ3) is 13.7. The molecule has 3 N–H and O–H groups in total. The molecule has 0 saturated carbocycles. The first-order valence-corrected chi connectivity index (χ1v) is 7.03. The highest BCUT2D eigenvalue weighted by molar-refractivity contribution is 6.17. The van der Waals surface area contributed by atoms with Crippen molar-refractivity contribution < 1.29 is 14.3 Å². The number of ether oxygens (including phenoxy) is 2. The summed E-state index contributed by atoms with van der Waals surface area (Å²) in [5.74, 6) is 0.585. The van der Waals surface area contributed by atoms with Crippen LogP contribution < -0.4 is 11.1 Å². The molecule has 5 nitrogen and oxygen atoms in total. The summed E-state index contributed by atoms with van der Waals surface area (Å²) in [4.78, 5) is 10.8. The average Bonchev–Trinajstić information content (AvgIpc) is 2.39. The molecule has 0 heterocycles. The SMILES string of the molecule is NCC(=O)NCCOCCOCCCCCCCl. The summed E-state index contributed by atoms with van der Waals surface area (Å²) in [5, 5.41) is 2.62. The lowest BCUT2D eigenvalue weighted by atomic mass is 10.2.